The second-order valence-electron chi connectivity index (χ2n) is 7.36. The van der Waals surface area contributed by atoms with Gasteiger partial charge < -0.3 is 15.5 Å². The quantitative estimate of drug-likeness (QED) is 0.383. The summed E-state index contributed by atoms with van der Waals surface area (Å²) in [6.45, 7) is 7.12. The molecule has 3 rings (SSSR count). The number of hydrogen-bond donors (Lipinski definition) is 2. The van der Waals surface area contributed by atoms with Crippen LogP contribution in [-0.4, -0.2) is 47.4 Å². The van der Waals surface area contributed by atoms with E-state index in [4.69, 9.17) is 0 Å². The van der Waals surface area contributed by atoms with Crippen LogP contribution in [0.15, 0.2) is 23.3 Å². The average molecular weight is 485 g/mol. The summed E-state index contributed by atoms with van der Waals surface area (Å²) in [5.74, 6) is 1.43. The zero-order valence-electron chi connectivity index (χ0n) is 16.4. The summed E-state index contributed by atoms with van der Waals surface area (Å²) in [7, 11) is 0. The predicted octanol–water partition coefficient (Wildman–Crippen LogP) is 2.85. The van der Waals surface area contributed by atoms with Crippen molar-refractivity contribution in [3.63, 3.8) is 0 Å². The van der Waals surface area contributed by atoms with Crippen LogP contribution in [0, 0.1) is 12.8 Å². The Bertz CT molecular complexity index is 645. The van der Waals surface area contributed by atoms with Crippen molar-refractivity contribution in [2.24, 2.45) is 10.9 Å². The van der Waals surface area contributed by atoms with Crippen molar-refractivity contribution in [1.29, 1.82) is 0 Å². The third-order valence-electron chi connectivity index (χ3n) is 5.39. The largest absolute Gasteiger partial charge is 0.357 e. The van der Waals surface area contributed by atoms with Crippen LogP contribution >= 0.6 is 24.0 Å². The summed E-state index contributed by atoms with van der Waals surface area (Å²) in [6.07, 6.45) is 7.33. The summed E-state index contributed by atoms with van der Waals surface area (Å²) in [4.78, 5) is 23.7. The maximum Gasteiger partial charge on any atom is 0.225 e. The number of carbonyl (C=O) groups is 1. The number of halogens is 1. The van der Waals surface area contributed by atoms with Gasteiger partial charge in [0.25, 0.3) is 0 Å². The summed E-state index contributed by atoms with van der Waals surface area (Å²) in [5.41, 5.74) is 2.15. The van der Waals surface area contributed by atoms with Gasteiger partial charge in [-0.1, -0.05) is 18.9 Å². The number of carbonyl (C=O) groups excluding carboxylic acids is 1. The lowest BCUT2D eigenvalue weighted by Gasteiger charge is -2.21. The highest BCUT2D eigenvalue weighted by Crippen LogP contribution is 2.27. The zero-order chi connectivity index (χ0) is 18.4. The molecule has 1 amide bonds. The standard InChI is InChI=1S/C20H31N5O.HI/c1-3-21-20(23-13-18-15(2)7-6-11-22-18)24-17-10-12-25(14-17)19(26)16-8-4-5-9-16;/h6-7,11,16-17H,3-5,8-10,12-14H2,1-2H3,(H2,21,23,24);1H. The topological polar surface area (TPSA) is 69.6 Å². The molecule has 1 unspecified atom stereocenters. The Morgan fingerprint density at radius 2 is 2.11 bits per heavy atom. The summed E-state index contributed by atoms with van der Waals surface area (Å²) < 4.78 is 0. The molecule has 1 aromatic rings. The molecule has 150 valence electrons. The van der Waals surface area contributed by atoms with Gasteiger partial charge >= 0.3 is 0 Å². The Morgan fingerprint density at radius 1 is 1.33 bits per heavy atom. The van der Waals surface area contributed by atoms with Crippen LogP contribution < -0.4 is 10.6 Å². The first-order chi connectivity index (χ1) is 12.7. The van der Waals surface area contributed by atoms with Crippen molar-refractivity contribution in [3.05, 3.63) is 29.6 Å². The molecule has 1 saturated carbocycles. The van der Waals surface area contributed by atoms with E-state index in [2.05, 4.69) is 40.5 Å². The number of rotatable bonds is 5. The molecule has 0 spiro atoms. The first kappa shape index (κ1) is 21.9. The molecule has 1 aromatic heterocycles. The third-order valence-corrected chi connectivity index (χ3v) is 5.39. The number of guanidine groups is 1. The Kier molecular flexibility index (Phi) is 8.79. The van der Waals surface area contributed by atoms with E-state index in [0.717, 1.165) is 56.1 Å². The van der Waals surface area contributed by atoms with Gasteiger partial charge in [0.15, 0.2) is 5.96 Å². The summed E-state index contributed by atoms with van der Waals surface area (Å²) in [5, 5.41) is 6.81. The van der Waals surface area contributed by atoms with Crippen LogP contribution in [0.1, 0.15) is 50.3 Å². The van der Waals surface area contributed by atoms with Gasteiger partial charge in [0.1, 0.15) is 0 Å². The van der Waals surface area contributed by atoms with Gasteiger partial charge in [-0.25, -0.2) is 4.99 Å². The number of nitrogens with one attached hydrogen (secondary N) is 2. The molecule has 0 bridgehead atoms. The summed E-state index contributed by atoms with van der Waals surface area (Å²) in [6, 6.07) is 4.27. The number of aliphatic imine (C=N–C) groups is 1. The number of aromatic nitrogens is 1. The highest BCUT2D eigenvalue weighted by Gasteiger charge is 2.32. The predicted molar refractivity (Wildman–Crippen MR) is 119 cm³/mol. The monoisotopic (exact) mass is 485 g/mol. The molecule has 2 N–H and O–H groups in total. The van der Waals surface area contributed by atoms with Crippen LogP contribution in [-0.2, 0) is 11.3 Å². The molecule has 2 aliphatic rings. The van der Waals surface area contributed by atoms with E-state index >= 15 is 0 Å². The lowest BCUT2D eigenvalue weighted by atomic mass is 10.1. The molecular formula is C20H32IN5O. The molecule has 27 heavy (non-hydrogen) atoms. The number of hydrogen-bond acceptors (Lipinski definition) is 3. The Labute approximate surface area is 179 Å². The first-order valence-electron chi connectivity index (χ1n) is 9.91. The van der Waals surface area contributed by atoms with Crippen LogP contribution in [0.25, 0.3) is 0 Å². The van der Waals surface area contributed by atoms with Crippen LogP contribution in [0.5, 0.6) is 0 Å². The van der Waals surface area contributed by atoms with Gasteiger partial charge in [0, 0.05) is 37.8 Å². The van der Waals surface area contributed by atoms with Gasteiger partial charge in [-0.3, -0.25) is 9.78 Å². The van der Waals surface area contributed by atoms with E-state index in [-0.39, 0.29) is 35.9 Å². The fourth-order valence-electron chi connectivity index (χ4n) is 3.86. The van der Waals surface area contributed by atoms with Gasteiger partial charge in [0.2, 0.25) is 5.91 Å². The number of likely N-dealkylation sites (tertiary alicyclic amines) is 1. The molecule has 7 heteroatoms. The maximum absolute atomic E-state index is 12.6. The molecule has 1 atom stereocenters. The normalized spacial score (nSPS) is 20.4. The zero-order valence-corrected chi connectivity index (χ0v) is 18.7. The fraction of sp³-hybridized carbons (Fsp3) is 0.650. The molecule has 0 radical (unpaired) electrons. The SMILES string of the molecule is CCNC(=NCc1ncccc1C)NC1CCN(C(=O)C2CCCC2)C1.I. The average Bonchev–Trinajstić information content (AvgIpc) is 3.32. The minimum atomic E-state index is 0. The van der Waals surface area contributed by atoms with Crippen LogP contribution in [0.3, 0.4) is 0 Å². The van der Waals surface area contributed by atoms with E-state index < -0.39 is 0 Å². The lowest BCUT2D eigenvalue weighted by Crippen LogP contribution is -2.45. The van der Waals surface area contributed by atoms with Crippen molar-refractivity contribution >= 4 is 35.8 Å². The highest BCUT2D eigenvalue weighted by atomic mass is 127. The minimum absolute atomic E-state index is 0. The maximum atomic E-state index is 12.6. The van der Waals surface area contributed by atoms with E-state index in [9.17, 15) is 4.79 Å². The van der Waals surface area contributed by atoms with Gasteiger partial charge in [-0.05, 0) is 44.7 Å². The Morgan fingerprint density at radius 3 is 2.81 bits per heavy atom. The second-order valence-corrected chi connectivity index (χ2v) is 7.36. The van der Waals surface area contributed by atoms with Gasteiger partial charge in [-0.2, -0.15) is 0 Å². The Hall–Kier alpha value is -1.38. The fourth-order valence-corrected chi connectivity index (χ4v) is 3.86. The molecule has 2 heterocycles. The third kappa shape index (κ3) is 6.05. The van der Waals surface area contributed by atoms with E-state index in [1.807, 2.05) is 17.2 Å². The molecule has 6 nitrogen and oxygen atoms in total. The molecule has 1 aliphatic carbocycles. The van der Waals surface area contributed by atoms with Gasteiger partial charge in [0.05, 0.1) is 12.2 Å². The first-order valence-corrected chi connectivity index (χ1v) is 9.91. The molecule has 1 aliphatic heterocycles. The Balaban J connectivity index is 0.00000261. The van der Waals surface area contributed by atoms with Crippen molar-refractivity contribution in [3.8, 4) is 0 Å². The van der Waals surface area contributed by atoms with Crippen LogP contribution in [0.4, 0.5) is 0 Å². The molecular weight excluding hydrogens is 453 g/mol. The van der Waals surface area contributed by atoms with E-state index in [0.29, 0.717) is 12.5 Å². The van der Waals surface area contributed by atoms with Crippen LogP contribution in [0.2, 0.25) is 0 Å². The van der Waals surface area contributed by atoms with Crippen molar-refractivity contribution in [2.75, 3.05) is 19.6 Å². The van der Waals surface area contributed by atoms with Crippen molar-refractivity contribution < 1.29 is 4.79 Å². The van der Waals surface area contributed by atoms with E-state index in [1.165, 1.54) is 12.8 Å². The minimum Gasteiger partial charge on any atom is -0.357 e. The molecule has 2 fully saturated rings. The molecule has 1 saturated heterocycles. The number of amides is 1. The second kappa shape index (κ2) is 10.8. The highest BCUT2D eigenvalue weighted by molar-refractivity contribution is 14.0. The smallest absolute Gasteiger partial charge is 0.225 e. The van der Waals surface area contributed by atoms with Gasteiger partial charge in [-0.15, -0.1) is 24.0 Å². The molecule has 0 aromatic carbocycles. The van der Waals surface area contributed by atoms with Crippen molar-refractivity contribution in [2.45, 2.75) is 58.5 Å². The summed E-state index contributed by atoms with van der Waals surface area (Å²) >= 11 is 0. The number of pyridine rings is 1. The number of aryl methyl sites for hydroxylation is 1. The number of nitrogens with zero attached hydrogens (tertiary/aromatic N) is 3. The van der Waals surface area contributed by atoms with E-state index in [1.54, 1.807) is 0 Å². The lowest BCUT2D eigenvalue weighted by molar-refractivity contribution is -0.134. The van der Waals surface area contributed by atoms with Crippen molar-refractivity contribution in [1.82, 2.24) is 20.5 Å².